The molecular formula is C14H16FNO3. The summed E-state index contributed by atoms with van der Waals surface area (Å²) < 4.78 is 13.4. The van der Waals surface area contributed by atoms with Gasteiger partial charge in [-0.25, -0.2) is 4.39 Å². The molecule has 1 N–H and O–H groups in total. The van der Waals surface area contributed by atoms with Crippen LogP contribution in [0, 0.1) is 11.7 Å². The number of halogens is 1. The van der Waals surface area contributed by atoms with Gasteiger partial charge in [0.1, 0.15) is 5.82 Å². The zero-order chi connectivity index (χ0) is 13.8. The summed E-state index contributed by atoms with van der Waals surface area (Å²) in [5, 5.41) is 8.89. The van der Waals surface area contributed by atoms with Crippen molar-refractivity contribution < 1.29 is 19.1 Å². The third-order valence-corrected chi connectivity index (χ3v) is 3.48. The minimum absolute atomic E-state index is 0.0999. The number of carbonyl (C=O) groups is 2. The number of hydrogen-bond donors (Lipinski definition) is 1. The zero-order valence-corrected chi connectivity index (χ0v) is 10.5. The summed E-state index contributed by atoms with van der Waals surface area (Å²) in [6.07, 6.45) is 1.08. The highest BCUT2D eigenvalue weighted by Crippen LogP contribution is 2.18. The third-order valence-electron chi connectivity index (χ3n) is 3.48. The van der Waals surface area contributed by atoms with Gasteiger partial charge in [0, 0.05) is 0 Å². The molecule has 4 nitrogen and oxygen atoms in total. The Balaban J connectivity index is 1.91. The smallest absolute Gasteiger partial charge is 0.306 e. The van der Waals surface area contributed by atoms with Gasteiger partial charge in [0.15, 0.2) is 5.78 Å². The number of likely N-dealkylation sites (tertiary alicyclic amines) is 1. The van der Waals surface area contributed by atoms with Crippen molar-refractivity contribution in [2.24, 2.45) is 5.92 Å². The fraction of sp³-hybridized carbons (Fsp3) is 0.429. The summed E-state index contributed by atoms with van der Waals surface area (Å²) >= 11 is 0. The average molecular weight is 265 g/mol. The highest BCUT2D eigenvalue weighted by molar-refractivity contribution is 5.97. The largest absolute Gasteiger partial charge is 0.481 e. The fourth-order valence-corrected chi connectivity index (χ4v) is 2.31. The van der Waals surface area contributed by atoms with Crippen molar-refractivity contribution in [3.05, 3.63) is 35.6 Å². The van der Waals surface area contributed by atoms with Crippen molar-refractivity contribution >= 4 is 11.8 Å². The van der Waals surface area contributed by atoms with Crippen LogP contribution in [-0.4, -0.2) is 41.4 Å². The fourth-order valence-electron chi connectivity index (χ4n) is 2.31. The summed E-state index contributed by atoms with van der Waals surface area (Å²) in [5.41, 5.74) is 0.0999. The van der Waals surface area contributed by atoms with Crippen LogP contribution < -0.4 is 0 Å². The van der Waals surface area contributed by atoms with Crippen LogP contribution in [0.15, 0.2) is 24.3 Å². The Labute approximate surface area is 110 Å². The first-order chi connectivity index (χ1) is 9.08. The molecule has 1 aliphatic rings. The van der Waals surface area contributed by atoms with E-state index in [1.54, 1.807) is 12.1 Å². The lowest BCUT2D eigenvalue weighted by molar-refractivity contribution is -0.143. The van der Waals surface area contributed by atoms with Crippen molar-refractivity contribution in [1.82, 2.24) is 4.90 Å². The number of carboxylic acids is 1. The molecule has 2 rings (SSSR count). The van der Waals surface area contributed by atoms with Crippen LogP contribution in [-0.2, 0) is 4.79 Å². The van der Waals surface area contributed by atoms with Gasteiger partial charge >= 0.3 is 5.97 Å². The molecule has 102 valence electrons. The Hall–Kier alpha value is -1.75. The predicted molar refractivity (Wildman–Crippen MR) is 67.5 cm³/mol. The molecule has 5 heteroatoms. The Morgan fingerprint density at radius 1 is 1.26 bits per heavy atom. The van der Waals surface area contributed by atoms with Crippen LogP contribution >= 0.6 is 0 Å². The Bertz CT molecular complexity index is 481. The van der Waals surface area contributed by atoms with E-state index in [4.69, 9.17) is 5.11 Å². The van der Waals surface area contributed by atoms with Gasteiger partial charge in [-0.15, -0.1) is 0 Å². The van der Waals surface area contributed by atoms with E-state index in [1.807, 2.05) is 4.90 Å². The Kier molecular flexibility index (Phi) is 4.27. The van der Waals surface area contributed by atoms with Crippen LogP contribution in [0.1, 0.15) is 23.2 Å². The number of nitrogens with zero attached hydrogens (tertiary/aromatic N) is 1. The SMILES string of the molecule is O=C(CN1CCC(C(=O)O)CC1)c1ccccc1F. The van der Waals surface area contributed by atoms with Crippen molar-refractivity contribution in [3.8, 4) is 0 Å². The predicted octanol–water partition coefficient (Wildman–Crippen LogP) is 1.80. The van der Waals surface area contributed by atoms with Gasteiger partial charge in [0.25, 0.3) is 0 Å². The van der Waals surface area contributed by atoms with E-state index in [0.717, 1.165) is 0 Å². The Morgan fingerprint density at radius 2 is 1.89 bits per heavy atom. The molecule has 0 spiro atoms. The normalized spacial score (nSPS) is 17.3. The molecule has 1 fully saturated rings. The first-order valence-electron chi connectivity index (χ1n) is 6.31. The molecule has 1 saturated heterocycles. The molecule has 0 bridgehead atoms. The van der Waals surface area contributed by atoms with Gasteiger partial charge in [-0.2, -0.15) is 0 Å². The molecular weight excluding hydrogens is 249 g/mol. The highest BCUT2D eigenvalue weighted by Gasteiger charge is 2.25. The van der Waals surface area contributed by atoms with Gasteiger partial charge in [0.05, 0.1) is 18.0 Å². The van der Waals surface area contributed by atoms with Crippen molar-refractivity contribution in [2.45, 2.75) is 12.8 Å². The van der Waals surface area contributed by atoms with E-state index in [0.29, 0.717) is 25.9 Å². The lowest BCUT2D eigenvalue weighted by Crippen LogP contribution is -2.39. The molecule has 0 saturated carbocycles. The van der Waals surface area contributed by atoms with Gasteiger partial charge < -0.3 is 5.11 Å². The average Bonchev–Trinajstić information content (AvgIpc) is 2.39. The number of hydrogen-bond acceptors (Lipinski definition) is 3. The van der Waals surface area contributed by atoms with Gasteiger partial charge in [-0.1, -0.05) is 12.1 Å². The number of carbonyl (C=O) groups excluding carboxylic acids is 1. The lowest BCUT2D eigenvalue weighted by Gasteiger charge is -2.29. The van der Waals surface area contributed by atoms with E-state index in [1.165, 1.54) is 12.1 Å². The molecule has 0 aliphatic carbocycles. The van der Waals surface area contributed by atoms with E-state index in [2.05, 4.69) is 0 Å². The molecule has 1 aliphatic heterocycles. The molecule has 0 aromatic heterocycles. The second-order valence-electron chi connectivity index (χ2n) is 4.79. The number of rotatable bonds is 4. The number of carboxylic acid groups (broad SMARTS) is 1. The van der Waals surface area contributed by atoms with Crippen molar-refractivity contribution in [2.75, 3.05) is 19.6 Å². The minimum atomic E-state index is -0.778. The number of aliphatic carboxylic acids is 1. The van der Waals surface area contributed by atoms with Crippen LogP contribution in [0.25, 0.3) is 0 Å². The molecule has 0 unspecified atom stereocenters. The maximum Gasteiger partial charge on any atom is 0.306 e. The second kappa shape index (κ2) is 5.93. The molecule has 1 aromatic rings. The lowest BCUT2D eigenvalue weighted by atomic mass is 9.96. The summed E-state index contributed by atoms with van der Waals surface area (Å²) in [6.45, 7) is 1.28. The van der Waals surface area contributed by atoms with E-state index in [9.17, 15) is 14.0 Å². The van der Waals surface area contributed by atoms with E-state index in [-0.39, 0.29) is 23.8 Å². The molecule has 0 atom stereocenters. The number of Topliss-reactive ketones (excluding diaryl/α,β-unsaturated/α-hetero) is 1. The maximum absolute atomic E-state index is 13.4. The summed E-state index contributed by atoms with van der Waals surface area (Å²) in [7, 11) is 0. The van der Waals surface area contributed by atoms with Crippen LogP contribution in [0.3, 0.4) is 0 Å². The number of benzene rings is 1. The van der Waals surface area contributed by atoms with Gasteiger partial charge in [-0.05, 0) is 38.1 Å². The van der Waals surface area contributed by atoms with Crippen LogP contribution in [0.5, 0.6) is 0 Å². The van der Waals surface area contributed by atoms with Crippen molar-refractivity contribution in [1.29, 1.82) is 0 Å². The maximum atomic E-state index is 13.4. The van der Waals surface area contributed by atoms with Gasteiger partial charge in [0.2, 0.25) is 0 Å². The Morgan fingerprint density at radius 3 is 2.47 bits per heavy atom. The molecule has 19 heavy (non-hydrogen) atoms. The highest BCUT2D eigenvalue weighted by atomic mass is 19.1. The zero-order valence-electron chi connectivity index (χ0n) is 10.5. The molecule has 0 radical (unpaired) electrons. The van der Waals surface area contributed by atoms with Crippen LogP contribution in [0.4, 0.5) is 4.39 Å². The van der Waals surface area contributed by atoms with E-state index < -0.39 is 11.8 Å². The minimum Gasteiger partial charge on any atom is -0.481 e. The molecule has 1 heterocycles. The first kappa shape index (κ1) is 13.7. The molecule has 0 amide bonds. The van der Waals surface area contributed by atoms with Crippen molar-refractivity contribution in [3.63, 3.8) is 0 Å². The van der Waals surface area contributed by atoms with Gasteiger partial charge in [-0.3, -0.25) is 14.5 Å². The summed E-state index contributed by atoms with van der Waals surface area (Å²) in [4.78, 5) is 24.6. The first-order valence-corrected chi connectivity index (χ1v) is 6.31. The van der Waals surface area contributed by atoms with Crippen LogP contribution in [0.2, 0.25) is 0 Å². The number of piperidine rings is 1. The second-order valence-corrected chi connectivity index (χ2v) is 4.79. The summed E-state index contributed by atoms with van der Waals surface area (Å²) in [5.74, 6) is -1.86. The standard InChI is InChI=1S/C14H16FNO3/c15-12-4-2-1-3-11(12)13(17)9-16-7-5-10(6-8-16)14(18)19/h1-4,10H,5-9H2,(H,18,19). The monoisotopic (exact) mass is 265 g/mol. The molecule has 1 aromatic carbocycles. The quantitative estimate of drug-likeness (QED) is 0.843. The number of ketones is 1. The topological polar surface area (TPSA) is 57.6 Å². The summed E-state index contributed by atoms with van der Waals surface area (Å²) in [6, 6.07) is 5.92. The van der Waals surface area contributed by atoms with E-state index >= 15 is 0 Å². The third kappa shape index (κ3) is 3.38.